The number of alkyl halides is 1. The molecule has 0 radical (unpaired) electrons. The van der Waals surface area contributed by atoms with Gasteiger partial charge < -0.3 is 5.32 Å². The Morgan fingerprint density at radius 1 is 1.24 bits per heavy atom. The van der Waals surface area contributed by atoms with Crippen molar-refractivity contribution in [3.05, 3.63) is 70.4 Å². The Hall–Kier alpha value is -2.73. The Morgan fingerprint density at radius 2 is 2.00 bits per heavy atom. The van der Waals surface area contributed by atoms with E-state index in [1.54, 1.807) is 31.5 Å². The van der Waals surface area contributed by atoms with E-state index >= 15 is 0 Å². The Kier molecular flexibility index (Phi) is 5.09. The molecule has 1 unspecified atom stereocenters. The van der Waals surface area contributed by atoms with Crippen molar-refractivity contribution in [2.24, 2.45) is 0 Å². The number of carbonyl (C=O) groups is 1. The zero-order valence-corrected chi connectivity index (χ0v) is 14.4. The molecule has 1 N–H and O–H groups in total. The molecule has 0 aliphatic rings. The van der Waals surface area contributed by atoms with E-state index in [9.17, 15) is 9.59 Å². The number of hydrogen-bond acceptors (Lipinski definition) is 4. The van der Waals surface area contributed by atoms with Gasteiger partial charge in [-0.3, -0.25) is 14.6 Å². The monoisotopic (exact) mass is 356 g/mol. The second-order valence-electron chi connectivity index (χ2n) is 5.65. The van der Waals surface area contributed by atoms with Crippen molar-refractivity contribution in [2.45, 2.75) is 25.4 Å². The molecular formula is C18H17ClN4O2. The van der Waals surface area contributed by atoms with Crippen molar-refractivity contribution in [3.63, 3.8) is 0 Å². The smallest absolute Gasteiger partial charge is 0.274 e. The van der Waals surface area contributed by atoms with Crippen LogP contribution in [0.25, 0.3) is 10.8 Å². The summed E-state index contributed by atoms with van der Waals surface area (Å²) in [5, 5.41) is 7.83. The predicted molar refractivity (Wildman–Crippen MR) is 96.5 cm³/mol. The van der Waals surface area contributed by atoms with Crippen molar-refractivity contribution in [1.82, 2.24) is 20.1 Å². The molecule has 0 fully saturated rings. The molecule has 6 nitrogen and oxygen atoms in total. The first-order chi connectivity index (χ1) is 12.1. The van der Waals surface area contributed by atoms with E-state index in [1.165, 1.54) is 4.68 Å². The Labute approximate surface area is 149 Å². The van der Waals surface area contributed by atoms with Crippen LogP contribution in [-0.2, 0) is 17.9 Å². The third-order valence-electron chi connectivity index (χ3n) is 3.79. The molecule has 2 aromatic heterocycles. The van der Waals surface area contributed by atoms with Gasteiger partial charge in [-0.25, -0.2) is 4.68 Å². The molecule has 0 saturated heterocycles. The van der Waals surface area contributed by atoms with E-state index in [0.717, 1.165) is 10.9 Å². The molecule has 128 valence electrons. The summed E-state index contributed by atoms with van der Waals surface area (Å²) < 4.78 is 1.39. The summed E-state index contributed by atoms with van der Waals surface area (Å²) in [6.45, 7) is 2.11. The highest BCUT2D eigenvalue weighted by Crippen LogP contribution is 2.14. The van der Waals surface area contributed by atoms with Crippen LogP contribution in [0.2, 0.25) is 0 Å². The SMILES string of the molecule is CC(Cl)C(=O)NCc1nn(Cc2cccnc2)c(=O)c2ccccc12. The Morgan fingerprint density at radius 3 is 2.68 bits per heavy atom. The zero-order chi connectivity index (χ0) is 17.8. The summed E-state index contributed by atoms with van der Waals surface area (Å²) in [5.74, 6) is -0.280. The fraction of sp³-hybridized carbons (Fsp3) is 0.222. The fourth-order valence-electron chi connectivity index (χ4n) is 2.52. The molecular weight excluding hydrogens is 340 g/mol. The van der Waals surface area contributed by atoms with Crippen LogP contribution < -0.4 is 10.9 Å². The van der Waals surface area contributed by atoms with Crippen molar-refractivity contribution >= 4 is 28.3 Å². The van der Waals surface area contributed by atoms with Crippen LogP contribution in [0.3, 0.4) is 0 Å². The third-order valence-corrected chi connectivity index (χ3v) is 3.99. The highest BCUT2D eigenvalue weighted by atomic mass is 35.5. The normalized spacial score (nSPS) is 12.1. The lowest BCUT2D eigenvalue weighted by Gasteiger charge is -2.12. The lowest BCUT2D eigenvalue weighted by Crippen LogP contribution is -2.31. The van der Waals surface area contributed by atoms with Gasteiger partial charge in [0.15, 0.2) is 0 Å². The first kappa shape index (κ1) is 17.1. The molecule has 0 saturated carbocycles. The van der Waals surface area contributed by atoms with E-state index in [2.05, 4.69) is 15.4 Å². The molecule has 0 bridgehead atoms. The minimum atomic E-state index is -0.632. The second kappa shape index (κ2) is 7.44. The standard InChI is InChI=1S/C18H17ClN4O2/c1-12(19)17(24)21-10-16-14-6-2-3-7-15(14)18(25)23(22-16)11-13-5-4-8-20-9-13/h2-9,12H,10-11H2,1H3,(H,21,24). The van der Waals surface area contributed by atoms with Crippen LogP contribution in [0.15, 0.2) is 53.6 Å². The van der Waals surface area contributed by atoms with E-state index in [-0.39, 0.29) is 18.0 Å². The topological polar surface area (TPSA) is 76.9 Å². The average molecular weight is 357 g/mol. The Balaban J connectivity index is 2.01. The van der Waals surface area contributed by atoms with Crippen molar-refractivity contribution in [1.29, 1.82) is 0 Å². The number of carbonyl (C=O) groups excluding carboxylic acids is 1. The lowest BCUT2D eigenvalue weighted by atomic mass is 10.1. The number of amides is 1. The quantitative estimate of drug-likeness (QED) is 0.710. The zero-order valence-electron chi connectivity index (χ0n) is 13.6. The van der Waals surface area contributed by atoms with Gasteiger partial charge in [0.25, 0.3) is 5.56 Å². The first-order valence-electron chi connectivity index (χ1n) is 7.85. The van der Waals surface area contributed by atoms with Gasteiger partial charge in [-0.15, -0.1) is 11.6 Å². The third kappa shape index (κ3) is 3.85. The number of nitrogens with one attached hydrogen (secondary N) is 1. The molecule has 3 aromatic rings. The van der Waals surface area contributed by atoms with Crippen LogP contribution >= 0.6 is 11.6 Å². The molecule has 0 aliphatic carbocycles. The van der Waals surface area contributed by atoms with Crippen molar-refractivity contribution in [3.8, 4) is 0 Å². The van der Waals surface area contributed by atoms with Gasteiger partial charge in [-0.2, -0.15) is 5.10 Å². The number of benzene rings is 1. The molecule has 25 heavy (non-hydrogen) atoms. The number of fused-ring (bicyclic) bond motifs is 1. The predicted octanol–water partition coefficient (Wildman–Crippen LogP) is 2.08. The van der Waals surface area contributed by atoms with Crippen LogP contribution in [0.5, 0.6) is 0 Å². The maximum Gasteiger partial charge on any atom is 0.274 e. The number of nitrogens with zero attached hydrogens (tertiary/aromatic N) is 3. The first-order valence-corrected chi connectivity index (χ1v) is 8.29. The molecule has 2 heterocycles. The number of pyridine rings is 1. The molecule has 7 heteroatoms. The maximum atomic E-state index is 12.7. The van der Waals surface area contributed by atoms with Crippen molar-refractivity contribution < 1.29 is 4.79 Å². The summed E-state index contributed by atoms with van der Waals surface area (Å²) in [6.07, 6.45) is 3.37. The van der Waals surface area contributed by atoms with E-state index < -0.39 is 5.38 Å². The largest absolute Gasteiger partial charge is 0.349 e. The van der Waals surface area contributed by atoms with E-state index in [4.69, 9.17) is 11.6 Å². The summed E-state index contributed by atoms with van der Waals surface area (Å²) >= 11 is 5.78. The van der Waals surface area contributed by atoms with E-state index in [0.29, 0.717) is 17.6 Å². The number of hydrogen-bond donors (Lipinski definition) is 1. The van der Waals surface area contributed by atoms with Gasteiger partial charge in [0.1, 0.15) is 5.38 Å². The molecule has 1 aromatic carbocycles. The molecule has 1 amide bonds. The van der Waals surface area contributed by atoms with Gasteiger partial charge in [0, 0.05) is 17.8 Å². The lowest BCUT2D eigenvalue weighted by molar-refractivity contribution is -0.120. The number of halogens is 1. The van der Waals surface area contributed by atoms with Gasteiger partial charge in [0.2, 0.25) is 5.91 Å². The van der Waals surface area contributed by atoms with Crippen LogP contribution in [0.1, 0.15) is 18.2 Å². The number of rotatable bonds is 5. The van der Waals surface area contributed by atoms with Gasteiger partial charge in [-0.1, -0.05) is 24.3 Å². The molecule has 0 aliphatic heterocycles. The molecule has 0 spiro atoms. The average Bonchev–Trinajstić information content (AvgIpc) is 2.63. The molecule has 3 rings (SSSR count). The summed E-state index contributed by atoms with van der Waals surface area (Å²) in [7, 11) is 0. The number of aromatic nitrogens is 3. The van der Waals surface area contributed by atoms with Crippen LogP contribution in [-0.4, -0.2) is 26.0 Å². The minimum absolute atomic E-state index is 0.180. The molecule has 1 atom stereocenters. The maximum absolute atomic E-state index is 12.7. The summed E-state index contributed by atoms with van der Waals surface area (Å²) in [6, 6.07) is 10.9. The van der Waals surface area contributed by atoms with Gasteiger partial charge in [0.05, 0.1) is 24.2 Å². The van der Waals surface area contributed by atoms with Gasteiger partial charge in [-0.05, 0) is 24.6 Å². The van der Waals surface area contributed by atoms with Crippen LogP contribution in [0, 0.1) is 0 Å². The Bertz CT molecular complexity index is 954. The fourth-order valence-corrected chi connectivity index (χ4v) is 2.60. The van der Waals surface area contributed by atoms with Gasteiger partial charge >= 0.3 is 0 Å². The van der Waals surface area contributed by atoms with Crippen LogP contribution in [0.4, 0.5) is 0 Å². The minimum Gasteiger partial charge on any atom is -0.349 e. The highest BCUT2D eigenvalue weighted by molar-refractivity contribution is 6.30. The highest BCUT2D eigenvalue weighted by Gasteiger charge is 2.13. The summed E-state index contributed by atoms with van der Waals surface area (Å²) in [4.78, 5) is 28.5. The van der Waals surface area contributed by atoms with Crippen molar-refractivity contribution in [2.75, 3.05) is 0 Å². The second-order valence-corrected chi connectivity index (χ2v) is 6.30. The summed E-state index contributed by atoms with van der Waals surface area (Å²) in [5.41, 5.74) is 1.31. The van der Waals surface area contributed by atoms with E-state index in [1.807, 2.05) is 24.3 Å².